The van der Waals surface area contributed by atoms with Crippen LogP contribution in [0.4, 0.5) is 5.69 Å². The van der Waals surface area contributed by atoms with Crippen molar-refractivity contribution in [3.05, 3.63) is 18.2 Å². The molecule has 0 saturated heterocycles. The maximum Gasteiger partial charge on any atom is 0.309 e. The van der Waals surface area contributed by atoms with Gasteiger partial charge in [-0.05, 0) is 31.9 Å². The van der Waals surface area contributed by atoms with Gasteiger partial charge in [-0.25, -0.2) is 0 Å². The minimum absolute atomic E-state index is 0.0548. The second kappa shape index (κ2) is 6.25. The zero-order valence-electron chi connectivity index (χ0n) is 12.5. The first kappa shape index (κ1) is 14.7. The Labute approximate surface area is 128 Å². The highest BCUT2D eigenvalue weighted by Gasteiger charge is 2.27. The van der Waals surface area contributed by atoms with Crippen LogP contribution in [-0.4, -0.2) is 24.8 Å². The highest BCUT2D eigenvalue weighted by Crippen LogP contribution is 2.34. The van der Waals surface area contributed by atoms with Gasteiger partial charge in [-0.15, -0.1) is 0 Å². The van der Waals surface area contributed by atoms with Crippen molar-refractivity contribution in [3.8, 4) is 11.5 Å². The molecule has 1 fully saturated rings. The Morgan fingerprint density at radius 1 is 1.23 bits per heavy atom. The zero-order valence-corrected chi connectivity index (χ0v) is 12.5. The molecule has 6 heteroatoms. The molecule has 1 amide bonds. The van der Waals surface area contributed by atoms with E-state index >= 15 is 0 Å². The average molecular weight is 305 g/mol. The maximum absolute atomic E-state index is 12.1. The van der Waals surface area contributed by atoms with Crippen molar-refractivity contribution in [1.29, 1.82) is 0 Å². The first-order valence-electron chi connectivity index (χ1n) is 7.54. The number of amides is 1. The van der Waals surface area contributed by atoms with Crippen molar-refractivity contribution in [1.82, 2.24) is 0 Å². The van der Waals surface area contributed by atoms with Crippen LogP contribution in [0, 0.1) is 5.92 Å². The van der Waals surface area contributed by atoms with Gasteiger partial charge >= 0.3 is 5.97 Å². The van der Waals surface area contributed by atoms with Crippen LogP contribution in [0.15, 0.2) is 18.2 Å². The Hall–Kier alpha value is -2.24. The van der Waals surface area contributed by atoms with E-state index < -0.39 is 6.10 Å². The Morgan fingerprint density at radius 2 is 1.95 bits per heavy atom. The molecule has 1 aliphatic carbocycles. The largest absolute Gasteiger partial charge is 0.454 e. The second-order valence-corrected chi connectivity index (χ2v) is 5.62. The first-order chi connectivity index (χ1) is 10.6. The van der Waals surface area contributed by atoms with E-state index in [2.05, 4.69) is 5.32 Å². The molecule has 0 spiro atoms. The molecule has 1 heterocycles. The number of nitrogens with one attached hydrogen (secondary N) is 1. The Bertz CT molecular complexity index is 580. The minimum Gasteiger partial charge on any atom is -0.454 e. The van der Waals surface area contributed by atoms with Gasteiger partial charge in [0.25, 0.3) is 5.91 Å². The molecule has 0 bridgehead atoms. The van der Waals surface area contributed by atoms with E-state index in [-0.39, 0.29) is 24.6 Å². The number of fused-ring (bicyclic) bond motifs is 1. The molecule has 1 aromatic carbocycles. The monoisotopic (exact) mass is 305 g/mol. The fourth-order valence-corrected chi connectivity index (χ4v) is 2.70. The van der Waals surface area contributed by atoms with Crippen LogP contribution in [-0.2, 0) is 14.3 Å². The molecule has 1 saturated carbocycles. The van der Waals surface area contributed by atoms with Gasteiger partial charge in [-0.1, -0.05) is 12.8 Å². The van der Waals surface area contributed by atoms with Crippen LogP contribution in [0.2, 0.25) is 0 Å². The van der Waals surface area contributed by atoms with Crippen molar-refractivity contribution in [3.63, 3.8) is 0 Å². The number of carbonyl (C=O) groups excluding carboxylic acids is 2. The fraction of sp³-hybridized carbons (Fsp3) is 0.500. The number of ether oxygens (including phenoxy) is 3. The molecule has 0 radical (unpaired) electrons. The number of hydrogen-bond donors (Lipinski definition) is 1. The molecular formula is C16H19NO5. The van der Waals surface area contributed by atoms with Gasteiger partial charge in [0.1, 0.15) is 0 Å². The van der Waals surface area contributed by atoms with Crippen molar-refractivity contribution < 1.29 is 23.8 Å². The summed E-state index contributed by atoms with van der Waals surface area (Å²) < 4.78 is 15.7. The van der Waals surface area contributed by atoms with Gasteiger partial charge in [0.2, 0.25) is 6.79 Å². The number of anilines is 1. The van der Waals surface area contributed by atoms with Crippen LogP contribution in [0.5, 0.6) is 11.5 Å². The van der Waals surface area contributed by atoms with Gasteiger partial charge in [0, 0.05) is 11.8 Å². The summed E-state index contributed by atoms with van der Waals surface area (Å²) in [6.07, 6.45) is 3.00. The van der Waals surface area contributed by atoms with Gasteiger partial charge in [-0.2, -0.15) is 0 Å². The lowest BCUT2D eigenvalue weighted by Gasteiger charge is -2.16. The molecule has 0 unspecified atom stereocenters. The van der Waals surface area contributed by atoms with Gasteiger partial charge < -0.3 is 19.5 Å². The predicted octanol–water partition coefficient (Wildman–Crippen LogP) is 2.48. The normalized spacial score (nSPS) is 18.0. The Morgan fingerprint density at radius 3 is 2.73 bits per heavy atom. The molecule has 1 aromatic rings. The predicted molar refractivity (Wildman–Crippen MR) is 78.7 cm³/mol. The summed E-state index contributed by atoms with van der Waals surface area (Å²) in [6, 6.07) is 5.13. The molecule has 1 N–H and O–H groups in total. The van der Waals surface area contributed by atoms with Crippen molar-refractivity contribution in [2.45, 2.75) is 38.7 Å². The highest BCUT2D eigenvalue weighted by molar-refractivity contribution is 5.95. The van der Waals surface area contributed by atoms with Crippen LogP contribution in [0.3, 0.4) is 0 Å². The summed E-state index contributed by atoms with van der Waals surface area (Å²) >= 11 is 0. The summed E-state index contributed by atoms with van der Waals surface area (Å²) in [7, 11) is 0. The summed E-state index contributed by atoms with van der Waals surface area (Å²) in [5.74, 6) is 0.559. The van der Waals surface area contributed by atoms with Crippen molar-refractivity contribution >= 4 is 17.6 Å². The van der Waals surface area contributed by atoms with E-state index in [9.17, 15) is 9.59 Å². The Balaban J connectivity index is 1.55. The third-order valence-electron chi connectivity index (χ3n) is 3.99. The number of benzene rings is 1. The summed E-state index contributed by atoms with van der Waals surface area (Å²) in [6.45, 7) is 1.76. The van der Waals surface area contributed by atoms with Gasteiger partial charge in [-0.3, -0.25) is 9.59 Å². The lowest BCUT2D eigenvalue weighted by atomic mass is 10.1. The van der Waals surface area contributed by atoms with Crippen LogP contribution in [0.25, 0.3) is 0 Å². The fourth-order valence-electron chi connectivity index (χ4n) is 2.70. The summed E-state index contributed by atoms with van der Waals surface area (Å²) in [5, 5.41) is 2.72. The first-order valence-corrected chi connectivity index (χ1v) is 7.54. The van der Waals surface area contributed by atoms with Crippen LogP contribution >= 0.6 is 0 Å². The molecular weight excluding hydrogens is 286 g/mol. The quantitative estimate of drug-likeness (QED) is 0.865. The number of hydrogen-bond acceptors (Lipinski definition) is 5. The minimum atomic E-state index is -0.821. The molecule has 1 atom stereocenters. The smallest absolute Gasteiger partial charge is 0.309 e. The standard InChI is InChI=1S/C16H19NO5/c1-10(22-16(19)11-4-2-3-5-11)15(18)17-12-6-7-13-14(8-12)21-9-20-13/h6-8,10-11H,2-5,9H2,1H3,(H,17,18)/t10-/m1/s1. The third-order valence-corrected chi connectivity index (χ3v) is 3.99. The average Bonchev–Trinajstić information content (AvgIpc) is 3.18. The number of rotatable bonds is 4. The zero-order chi connectivity index (χ0) is 15.5. The molecule has 2 aliphatic rings. The lowest BCUT2D eigenvalue weighted by molar-refractivity contribution is -0.157. The summed E-state index contributed by atoms with van der Waals surface area (Å²) in [4.78, 5) is 24.0. The van der Waals surface area contributed by atoms with Crippen molar-refractivity contribution in [2.75, 3.05) is 12.1 Å². The lowest BCUT2D eigenvalue weighted by Crippen LogP contribution is -2.31. The van der Waals surface area contributed by atoms with E-state index in [1.54, 1.807) is 25.1 Å². The highest BCUT2D eigenvalue weighted by atomic mass is 16.7. The van der Waals surface area contributed by atoms with Crippen molar-refractivity contribution in [2.24, 2.45) is 5.92 Å². The van der Waals surface area contributed by atoms with Crippen LogP contribution in [0.1, 0.15) is 32.6 Å². The van der Waals surface area contributed by atoms with Gasteiger partial charge in [0.15, 0.2) is 17.6 Å². The van der Waals surface area contributed by atoms with Crippen LogP contribution < -0.4 is 14.8 Å². The number of carbonyl (C=O) groups is 2. The maximum atomic E-state index is 12.1. The molecule has 6 nitrogen and oxygen atoms in total. The van der Waals surface area contributed by atoms with Gasteiger partial charge in [0.05, 0.1) is 5.92 Å². The second-order valence-electron chi connectivity index (χ2n) is 5.62. The third kappa shape index (κ3) is 3.16. The molecule has 0 aromatic heterocycles. The summed E-state index contributed by atoms with van der Waals surface area (Å²) in [5.41, 5.74) is 0.581. The van der Waals surface area contributed by atoms with E-state index in [1.165, 1.54) is 0 Å². The molecule has 22 heavy (non-hydrogen) atoms. The molecule has 1 aliphatic heterocycles. The Kier molecular flexibility index (Phi) is 4.18. The topological polar surface area (TPSA) is 73.9 Å². The number of esters is 1. The molecule has 118 valence electrons. The molecule has 3 rings (SSSR count). The SMILES string of the molecule is C[C@@H](OC(=O)C1CCCC1)C(=O)Nc1ccc2c(c1)OCO2. The van der Waals surface area contributed by atoms with E-state index in [0.717, 1.165) is 25.7 Å². The van der Waals surface area contributed by atoms with E-state index in [1.807, 2.05) is 0 Å². The van der Waals surface area contributed by atoms with E-state index in [0.29, 0.717) is 17.2 Å². The van der Waals surface area contributed by atoms with E-state index in [4.69, 9.17) is 14.2 Å².